The Morgan fingerprint density at radius 3 is 2.92 bits per heavy atom. The first-order chi connectivity index (χ1) is 11.6. The Morgan fingerprint density at radius 2 is 2.12 bits per heavy atom. The molecular weight excluding hydrogens is 390 g/mol. The maximum absolute atomic E-state index is 9.81. The van der Waals surface area contributed by atoms with E-state index in [0.29, 0.717) is 12.2 Å². The summed E-state index contributed by atoms with van der Waals surface area (Å²) in [7, 11) is 1.95. The molecule has 0 aliphatic carbocycles. The minimum atomic E-state index is 0.166. The van der Waals surface area contributed by atoms with Crippen LogP contribution in [0.4, 0.5) is 0 Å². The maximum atomic E-state index is 9.81. The Balaban J connectivity index is 1.96. The van der Waals surface area contributed by atoms with Gasteiger partial charge in [0.25, 0.3) is 0 Å². The van der Waals surface area contributed by atoms with E-state index in [9.17, 15) is 5.11 Å². The van der Waals surface area contributed by atoms with Crippen molar-refractivity contribution in [3.8, 4) is 11.5 Å². The van der Waals surface area contributed by atoms with Gasteiger partial charge >= 0.3 is 0 Å². The molecule has 0 saturated heterocycles. The first kappa shape index (κ1) is 16.7. The number of ether oxygens (including phenoxy) is 1. The quantitative estimate of drug-likeness (QED) is 0.525. The standard InChI is InChI=1S/C17H16BrN3O2S/c1-3-23-13-5-6-14-16(9-13)24-17(21(14)2)20-19-10-11-8-12(18)4-7-15(11)22/h4-10,22H,3H2,1-2H3/b19-10+,20-17?. The van der Waals surface area contributed by atoms with E-state index in [-0.39, 0.29) is 5.75 Å². The molecule has 1 aromatic heterocycles. The summed E-state index contributed by atoms with van der Waals surface area (Å²) in [5.74, 6) is 1.01. The normalized spacial score (nSPS) is 12.4. The maximum Gasteiger partial charge on any atom is 0.211 e. The van der Waals surface area contributed by atoms with Crippen LogP contribution in [-0.4, -0.2) is 22.5 Å². The second-order valence-electron chi connectivity index (χ2n) is 5.05. The third kappa shape index (κ3) is 3.52. The number of hydrogen-bond donors (Lipinski definition) is 1. The number of aryl methyl sites for hydroxylation is 1. The van der Waals surface area contributed by atoms with E-state index in [0.717, 1.165) is 25.2 Å². The van der Waals surface area contributed by atoms with Gasteiger partial charge in [0.05, 0.1) is 23.0 Å². The molecule has 0 atom stereocenters. The van der Waals surface area contributed by atoms with E-state index >= 15 is 0 Å². The topological polar surface area (TPSA) is 59.1 Å². The van der Waals surface area contributed by atoms with E-state index in [1.807, 2.05) is 36.7 Å². The summed E-state index contributed by atoms with van der Waals surface area (Å²) in [4.78, 5) is 0.768. The smallest absolute Gasteiger partial charge is 0.211 e. The molecule has 3 aromatic rings. The minimum Gasteiger partial charge on any atom is -0.507 e. The summed E-state index contributed by atoms with van der Waals surface area (Å²) in [6, 6.07) is 11.1. The van der Waals surface area contributed by atoms with Crippen LogP contribution in [0.3, 0.4) is 0 Å². The fraction of sp³-hybridized carbons (Fsp3) is 0.176. The van der Waals surface area contributed by atoms with E-state index < -0.39 is 0 Å². The van der Waals surface area contributed by atoms with Gasteiger partial charge in [0.1, 0.15) is 11.5 Å². The van der Waals surface area contributed by atoms with E-state index in [1.54, 1.807) is 18.2 Å². The lowest BCUT2D eigenvalue weighted by molar-refractivity contribution is 0.341. The van der Waals surface area contributed by atoms with Crippen LogP contribution in [0.15, 0.2) is 51.1 Å². The van der Waals surface area contributed by atoms with Gasteiger partial charge in [0.15, 0.2) is 0 Å². The third-order valence-electron chi connectivity index (χ3n) is 3.42. The van der Waals surface area contributed by atoms with Crippen molar-refractivity contribution in [1.29, 1.82) is 0 Å². The molecule has 0 radical (unpaired) electrons. The molecule has 5 nitrogen and oxygen atoms in total. The van der Waals surface area contributed by atoms with Gasteiger partial charge in [-0.3, -0.25) is 0 Å². The summed E-state index contributed by atoms with van der Waals surface area (Å²) in [5, 5.41) is 18.2. The minimum absolute atomic E-state index is 0.166. The number of rotatable bonds is 4. The van der Waals surface area contributed by atoms with E-state index in [4.69, 9.17) is 4.74 Å². The second kappa shape index (κ2) is 7.19. The van der Waals surface area contributed by atoms with Crippen LogP contribution < -0.4 is 9.54 Å². The van der Waals surface area contributed by atoms with Crippen molar-refractivity contribution in [3.63, 3.8) is 0 Å². The number of phenolic OH excluding ortho intramolecular Hbond substituents is 1. The van der Waals surface area contributed by atoms with Crippen LogP contribution in [0.2, 0.25) is 0 Å². The fourth-order valence-corrected chi connectivity index (χ4v) is 3.62. The summed E-state index contributed by atoms with van der Waals surface area (Å²) in [5.41, 5.74) is 1.68. The van der Waals surface area contributed by atoms with Crippen LogP contribution >= 0.6 is 27.3 Å². The van der Waals surface area contributed by atoms with E-state index in [1.165, 1.54) is 17.6 Å². The van der Waals surface area contributed by atoms with Crippen LogP contribution in [0.25, 0.3) is 10.2 Å². The number of nitrogens with zero attached hydrogens (tertiary/aromatic N) is 3. The highest BCUT2D eigenvalue weighted by Crippen LogP contribution is 2.23. The predicted octanol–water partition coefficient (Wildman–Crippen LogP) is 4.04. The van der Waals surface area contributed by atoms with Gasteiger partial charge in [-0.2, -0.15) is 5.10 Å². The Hall–Kier alpha value is -2.12. The molecular formula is C17H16BrN3O2S. The molecule has 124 valence electrons. The third-order valence-corrected chi connectivity index (χ3v) is 5.00. The summed E-state index contributed by atoms with van der Waals surface area (Å²) in [6.45, 7) is 2.60. The van der Waals surface area contributed by atoms with Crippen molar-refractivity contribution < 1.29 is 9.84 Å². The number of halogens is 1. The average Bonchev–Trinajstić information content (AvgIpc) is 2.87. The zero-order valence-electron chi connectivity index (χ0n) is 13.2. The van der Waals surface area contributed by atoms with Gasteiger partial charge in [0, 0.05) is 17.1 Å². The first-order valence-corrected chi connectivity index (χ1v) is 8.97. The fourth-order valence-electron chi connectivity index (χ4n) is 2.24. The van der Waals surface area contributed by atoms with Crippen molar-refractivity contribution >= 4 is 43.7 Å². The monoisotopic (exact) mass is 405 g/mol. The molecule has 7 heteroatoms. The summed E-state index contributed by atoms with van der Waals surface area (Å²) < 4.78 is 9.47. The Kier molecular flexibility index (Phi) is 5.01. The summed E-state index contributed by atoms with van der Waals surface area (Å²) >= 11 is 4.91. The van der Waals surface area contributed by atoms with Gasteiger partial charge in [-0.15, -0.1) is 5.10 Å². The highest BCUT2D eigenvalue weighted by molar-refractivity contribution is 9.10. The molecule has 3 rings (SSSR count). The van der Waals surface area contributed by atoms with Crippen molar-refractivity contribution in [2.24, 2.45) is 17.3 Å². The summed E-state index contributed by atoms with van der Waals surface area (Å²) in [6.07, 6.45) is 1.54. The number of hydrogen-bond acceptors (Lipinski definition) is 5. The molecule has 0 unspecified atom stereocenters. The Labute approximate surface area is 151 Å². The van der Waals surface area contributed by atoms with Gasteiger partial charge < -0.3 is 14.4 Å². The number of thiazole rings is 1. The van der Waals surface area contributed by atoms with Crippen LogP contribution in [0.1, 0.15) is 12.5 Å². The van der Waals surface area contributed by atoms with Crippen molar-refractivity contribution in [2.45, 2.75) is 6.92 Å². The van der Waals surface area contributed by atoms with Crippen molar-refractivity contribution in [3.05, 3.63) is 51.2 Å². The average molecular weight is 406 g/mol. The number of aromatic hydroxyl groups is 1. The molecule has 0 aliphatic heterocycles. The largest absolute Gasteiger partial charge is 0.507 e. The molecule has 2 aromatic carbocycles. The zero-order valence-corrected chi connectivity index (χ0v) is 15.6. The lowest BCUT2D eigenvalue weighted by Gasteiger charge is -2.02. The molecule has 0 saturated carbocycles. The van der Waals surface area contributed by atoms with Gasteiger partial charge in [-0.05, 0) is 43.3 Å². The highest BCUT2D eigenvalue weighted by atomic mass is 79.9. The van der Waals surface area contributed by atoms with Crippen LogP contribution in [0, 0.1) is 0 Å². The Morgan fingerprint density at radius 1 is 1.29 bits per heavy atom. The molecule has 24 heavy (non-hydrogen) atoms. The van der Waals surface area contributed by atoms with Gasteiger partial charge in [0.2, 0.25) is 4.80 Å². The second-order valence-corrected chi connectivity index (χ2v) is 6.98. The molecule has 0 aliphatic rings. The zero-order chi connectivity index (χ0) is 17.1. The number of phenols is 1. The SMILES string of the molecule is CCOc1ccc2c(c1)sc(=N/N=C/c1cc(Br)ccc1O)n2C. The number of fused-ring (bicyclic) bond motifs is 1. The molecule has 1 heterocycles. The molecule has 1 N–H and O–H groups in total. The van der Waals surface area contributed by atoms with Crippen molar-refractivity contribution in [1.82, 2.24) is 4.57 Å². The molecule has 0 spiro atoms. The lowest BCUT2D eigenvalue weighted by Crippen LogP contribution is -2.08. The highest BCUT2D eigenvalue weighted by Gasteiger charge is 2.04. The number of benzene rings is 2. The van der Waals surface area contributed by atoms with Gasteiger partial charge in [-0.1, -0.05) is 27.3 Å². The molecule has 0 fully saturated rings. The first-order valence-electron chi connectivity index (χ1n) is 7.36. The van der Waals surface area contributed by atoms with E-state index in [2.05, 4.69) is 26.1 Å². The van der Waals surface area contributed by atoms with Gasteiger partial charge in [-0.25, -0.2) is 0 Å². The van der Waals surface area contributed by atoms with Crippen molar-refractivity contribution in [2.75, 3.05) is 6.61 Å². The predicted molar refractivity (Wildman–Crippen MR) is 101 cm³/mol. The van der Waals surface area contributed by atoms with Crippen LogP contribution in [0.5, 0.6) is 11.5 Å². The van der Waals surface area contributed by atoms with Crippen LogP contribution in [-0.2, 0) is 7.05 Å². The lowest BCUT2D eigenvalue weighted by atomic mass is 10.2. The number of aromatic nitrogens is 1. The Bertz CT molecular complexity index is 976. The molecule has 0 amide bonds. The molecule has 0 bridgehead atoms.